The van der Waals surface area contributed by atoms with Crippen molar-refractivity contribution in [3.63, 3.8) is 0 Å². The van der Waals surface area contributed by atoms with Crippen molar-refractivity contribution in [2.24, 2.45) is 0 Å². The Morgan fingerprint density at radius 3 is 3.00 bits per heavy atom. The van der Waals surface area contributed by atoms with E-state index in [-0.39, 0.29) is 12.4 Å². The molecule has 1 aliphatic rings. The van der Waals surface area contributed by atoms with E-state index in [1.807, 2.05) is 6.92 Å². The predicted octanol–water partition coefficient (Wildman–Crippen LogP) is 1.61. The van der Waals surface area contributed by atoms with E-state index in [0.717, 1.165) is 27.4 Å². The van der Waals surface area contributed by atoms with Gasteiger partial charge in [-0.25, -0.2) is 0 Å². The molecule has 4 heteroatoms. The van der Waals surface area contributed by atoms with Crippen molar-refractivity contribution in [1.29, 1.82) is 0 Å². The lowest BCUT2D eigenvalue weighted by Crippen LogP contribution is -2.17. The number of nitrogens with two attached hydrogens (primary N) is 1. The molecule has 3 nitrogen and oxygen atoms in total. The summed E-state index contributed by atoms with van der Waals surface area (Å²) in [6, 6.07) is 0. The van der Waals surface area contributed by atoms with E-state index < -0.39 is 0 Å². The molecule has 1 aliphatic heterocycles. The SMILES string of the molecule is CCc1c(N)sc2c1C(=O)COC2. The molecule has 2 N–H and O–H groups in total. The first kappa shape index (κ1) is 8.72. The van der Waals surface area contributed by atoms with Crippen molar-refractivity contribution in [3.8, 4) is 0 Å². The van der Waals surface area contributed by atoms with Gasteiger partial charge in [0.25, 0.3) is 0 Å². The van der Waals surface area contributed by atoms with Crippen LogP contribution in [-0.4, -0.2) is 12.4 Å². The molecule has 0 bridgehead atoms. The Labute approximate surface area is 80.5 Å². The lowest BCUT2D eigenvalue weighted by atomic mass is 10.0. The molecule has 2 rings (SSSR count). The zero-order valence-electron chi connectivity index (χ0n) is 7.42. The van der Waals surface area contributed by atoms with Crippen molar-refractivity contribution >= 4 is 22.1 Å². The Morgan fingerprint density at radius 1 is 1.54 bits per heavy atom. The molecule has 0 amide bonds. The van der Waals surface area contributed by atoms with Crippen LogP contribution in [0.4, 0.5) is 5.00 Å². The molecular weight excluding hydrogens is 186 g/mol. The second-order valence-electron chi connectivity index (χ2n) is 3.01. The summed E-state index contributed by atoms with van der Waals surface area (Å²) in [5.74, 6) is 0.0750. The molecule has 13 heavy (non-hydrogen) atoms. The highest BCUT2D eigenvalue weighted by Crippen LogP contribution is 2.34. The van der Waals surface area contributed by atoms with Crippen LogP contribution in [0.5, 0.6) is 0 Å². The average Bonchev–Trinajstić information content (AvgIpc) is 2.42. The van der Waals surface area contributed by atoms with Crippen molar-refractivity contribution < 1.29 is 9.53 Å². The topological polar surface area (TPSA) is 52.3 Å². The number of hydrogen-bond donors (Lipinski definition) is 1. The molecule has 0 saturated carbocycles. The number of anilines is 1. The van der Waals surface area contributed by atoms with Crippen LogP contribution in [0.3, 0.4) is 0 Å². The van der Waals surface area contributed by atoms with Gasteiger partial charge in [0.15, 0.2) is 5.78 Å². The maximum Gasteiger partial charge on any atom is 0.190 e. The molecule has 0 spiro atoms. The summed E-state index contributed by atoms with van der Waals surface area (Å²) < 4.78 is 5.13. The number of ether oxygens (including phenoxy) is 1. The van der Waals surface area contributed by atoms with Crippen LogP contribution >= 0.6 is 11.3 Å². The average molecular weight is 197 g/mol. The quantitative estimate of drug-likeness (QED) is 0.744. The molecule has 70 valence electrons. The summed E-state index contributed by atoms with van der Waals surface area (Å²) >= 11 is 1.48. The molecule has 2 heterocycles. The number of carbonyl (C=O) groups is 1. The molecule has 1 aromatic rings. The van der Waals surface area contributed by atoms with Gasteiger partial charge >= 0.3 is 0 Å². The van der Waals surface area contributed by atoms with Crippen LogP contribution in [-0.2, 0) is 17.8 Å². The number of nitrogen functional groups attached to an aromatic ring is 1. The molecule has 0 fully saturated rings. The Hall–Kier alpha value is -0.870. The minimum absolute atomic E-state index is 0.0750. The van der Waals surface area contributed by atoms with Gasteiger partial charge in [-0.3, -0.25) is 4.79 Å². The van der Waals surface area contributed by atoms with Gasteiger partial charge in [0.05, 0.1) is 11.6 Å². The first-order chi connectivity index (χ1) is 6.24. The van der Waals surface area contributed by atoms with Crippen LogP contribution in [0.2, 0.25) is 0 Å². The second kappa shape index (κ2) is 3.12. The fourth-order valence-electron chi connectivity index (χ4n) is 1.62. The van der Waals surface area contributed by atoms with E-state index in [1.54, 1.807) is 0 Å². The normalized spacial score (nSPS) is 15.9. The monoisotopic (exact) mass is 197 g/mol. The first-order valence-corrected chi connectivity index (χ1v) is 5.06. The number of rotatable bonds is 1. The Morgan fingerprint density at radius 2 is 2.31 bits per heavy atom. The maximum absolute atomic E-state index is 11.5. The molecule has 0 aliphatic carbocycles. The van der Waals surface area contributed by atoms with Crippen molar-refractivity contribution in [1.82, 2.24) is 0 Å². The summed E-state index contributed by atoms with van der Waals surface area (Å²) in [5.41, 5.74) is 7.64. The third kappa shape index (κ3) is 1.26. The lowest BCUT2D eigenvalue weighted by Gasteiger charge is -2.11. The van der Waals surface area contributed by atoms with E-state index >= 15 is 0 Å². The number of ketones is 1. The smallest absolute Gasteiger partial charge is 0.190 e. The summed E-state index contributed by atoms with van der Waals surface area (Å²) in [4.78, 5) is 12.5. The fraction of sp³-hybridized carbons (Fsp3) is 0.444. The van der Waals surface area contributed by atoms with Gasteiger partial charge in [-0.05, 0) is 12.0 Å². The molecule has 0 radical (unpaired) electrons. The van der Waals surface area contributed by atoms with Gasteiger partial charge in [0, 0.05) is 10.4 Å². The zero-order valence-corrected chi connectivity index (χ0v) is 8.24. The number of thiophene rings is 1. The fourth-order valence-corrected chi connectivity index (χ4v) is 2.74. The molecule has 1 aromatic heterocycles. The van der Waals surface area contributed by atoms with Crippen molar-refractivity contribution in [2.45, 2.75) is 20.0 Å². The van der Waals surface area contributed by atoms with Crippen LogP contribution in [0, 0.1) is 0 Å². The van der Waals surface area contributed by atoms with Crippen LogP contribution < -0.4 is 5.73 Å². The third-order valence-electron chi connectivity index (χ3n) is 2.21. The molecular formula is C9H11NO2S. The van der Waals surface area contributed by atoms with Gasteiger partial charge in [-0.1, -0.05) is 6.92 Å². The minimum atomic E-state index is 0.0750. The minimum Gasteiger partial charge on any atom is -0.390 e. The highest BCUT2D eigenvalue weighted by Gasteiger charge is 2.24. The van der Waals surface area contributed by atoms with Crippen LogP contribution in [0.1, 0.15) is 27.7 Å². The number of hydrogen-bond acceptors (Lipinski definition) is 4. The standard InChI is InChI=1S/C9H11NO2S/c1-2-5-8-6(11)3-12-4-7(8)13-9(5)10/h2-4,10H2,1H3. The third-order valence-corrected chi connectivity index (χ3v) is 3.24. The Balaban J connectivity index is 2.58. The maximum atomic E-state index is 11.5. The summed E-state index contributed by atoms with van der Waals surface area (Å²) in [7, 11) is 0. The van der Waals surface area contributed by atoms with Crippen molar-refractivity contribution in [3.05, 3.63) is 16.0 Å². The lowest BCUT2D eigenvalue weighted by molar-refractivity contribution is 0.0673. The Bertz CT molecular complexity index is 357. The van der Waals surface area contributed by atoms with Gasteiger partial charge < -0.3 is 10.5 Å². The molecule has 0 unspecified atom stereocenters. The second-order valence-corrected chi connectivity index (χ2v) is 4.15. The number of carbonyl (C=O) groups excluding carboxylic acids is 1. The van der Waals surface area contributed by atoms with E-state index in [2.05, 4.69) is 0 Å². The predicted molar refractivity (Wildman–Crippen MR) is 52.1 cm³/mol. The molecule has 0 aromatic carbocycles. The number of fused-ring (bicyclic) bond motifs is 1. The summed E-state index contributed by atoms with van der Waals surface area (Å²) in [6.07, 6.45) is 0.823. The van der Waals surface area contributed by atoms with E-state index in [9.17, 15) is 4.79 Å². The highest BCUT2D eigenvalue weighted by atomic mass is 32.1. The van der Waals surface area contributed by atoms with E-state index in [1.165, 1.54) is 11.3 Å². The number of Topliss-reactive ketones (excluding diaryl/α,β-unsaturated/α-hetero) is 1. The van der Waals surface area contributed by atoms with Gasteiger partial charge in [0.2, 0.25) is 0 Å². The van der Waals surface area contributed by atoms with Gasteiger partial charge in [-0.2, -0.15) is 0 Å². The zero-order chi connectivity index (χ0) is 9.42. The van der Waals surface area contributed by atoms with Gasteiger partial charge in [-0.15, -0.1) is 11.3 Å². The van der Waals surface area contributed by atoms with Gasteiger partial charge in [0.1, 0.15) is 6.61 Å². The largest absolute Gasteiger partial charge is 0.390 e. The molecule has 0 saturated heterocycles. The first-order valence-electron chi connectivity index (χ1n) is 4.25. The Kier molecular flexibility index (Phi) is 2.09. The molecule has 0 atom stereocenters. The van der Waals surface area contributed by atoms with Crippen LogP contribution in [0.15, 0.2) is 0 Å². The van der Waals surface area contributed by atoms with E-state index in [0.29, 0.717) is 6.61 Å². The van der Waals surface area contributed by atoms with E-state index in [4.69, 9.17) is 10.5 Å². The van der Waals surface area contributed by atoms with Crippen LogP contribution in [0.25, 0.3) is 0 Å². The summed E-state index contributed by atoms with van der Waals surface area (Å²) in [5, 5.41) is 0.770. The highest BCUT2D eigenvalue weighted by molar-refractivity contribution is 7.16. The summed E-state index contributed by atoms with van der Waals surface area (Å²) in [6.45, 7) is 2.76. The van der Waals surface area contributed by atoms with Crippen molar-refractivity contribution in [2.75, 3.05) is 12.3 Å².